The zero-order chi connectivity index (χ0) is 10.0. The number of hydrogen-bond acceptors (Lipinski definition) is 4. The molecule has 1 saturated carbocycles. The van der Waals surface area contributed by atoms with Gasteiger partial charge in [-0.2, -0.15) is 0 Å². The van der Waals surface area contributed by atoms with Crippen LogP contribution in [0.3, 0.4) is 0 Å². The third-order valence-electron chi connectivity index (χ3n) is 3.11. The van der Waals surface area contributed by atoms with Gasteiger partial charge in [0.1, 0.15) is 36.3 Å². The average Bonchev–Trinajstić information content (AvgIpc) is 2.93. The highest BCUT2D eigenvalue weighted by molar-refractivity contribution is 5.82. The molecule has 2 saturated heterocycles. The van der Waals surface area contributed by atoms with Gasteiger partial charge in [0, 0.05) is 0 Å². The number of carbonyl (C=O) groups is 2. The Morgan fingerprint density at radius 1 is 0.786 bits per heavy atom. The van der Waals surface area contributed by atoms with Crippen LogP contribution in [0.4, 0.5) is 0 Å². The molecule has 14 heavy (non-hydrogen) atoms. The molecule has 6 atom stereocenters. The molecule has 0 radical (unpaired) electrons. The lowest BCUT2D eigenvalue weighted by molar-refractivity contribution is -0.155. The minimum absolute atomic E-state index is 0.184. The molecule has 2 aliphatic heterocycles. The van der Waals surface area contributed by atoms with Crippen molar-refractivity contribution in [1.29, 1.82) is 0 Å². The van der Waals surface area contributed by atoms with Crippen molar-refractivity contribution in [3.05, 3.63) is 0 Å². The van der Waals surface area contributed by atoms with E-state index in [9.17, 15) is 9.59 Å². The van der Waals surface area contributed by atoms with Crippen LogP contribution in [0.2, 0.25) is 0 Å². The molecule has 2 heterocycles. The molecular formula is C8H8O6. The normalized spacial score (nSPS) is 52.9. The molecule has 3 fully saturated rings. The summed E-state index contributed by atoms with van der Waals surface area (Å²) in [5.74, 6) is -4.14. The first-order chi connectivity index (χ1) is 6.61. The lowest BCUT2D eigenvalue weighted by Gasteiger charge is -2.18. The first-order valence-electron chi connectivity index (χ1n) is 4.38. The Labute approximate surface area is 78.4 Å². The second kappa shape index (κ2) is 2.26. The molecule has 0 unspecified atom stereocenters. The van der Waals surface area contributed by atoms with Gasteiger partial charge in [-0.3, -0.25) is 9.59 Å². The van der Waals surface area contributed by atoms with Gasteiger partial charge in [-0.1, -0.05) is 0 Å². The molecule has 6 heteroatoms. The van der Waals surface area contributed by atoms with Gasteiger partial charge in [-0.05, 0) is 0 Å². The number of rotatable bonds is 2. The molecule has 2 N–H and O–H groups in total. The van der Waals surface area contributed by atoms with Crippen molar-refractivity contribution >= 4 is 11.9 Å². The molecule has 0 amide bonds. The summed E-state index contributed by atoms with van der Waals surface area (Å²) in [6.07, 6.45) is -1.29. The number of fused-ring (bicyclic) bond motifs is 3. The predicted octanol–water partition coefficient (Wildman–Crippen LogP) is -1.06. The van der Waals surface area contributed by atoms with Gasteiger partial charge in [-0.25, -0.2) is 0 Å². The fourth-order valence-electron chi connectivity index (χ4n) is 2.38. The number of ether oxygens (including phenoxy) is 2. The number of epoxide rings is 2. The summed E-state index contributed by atoms with van der Waals surface area (Å²) in [5, 5.41) is 17.8. The molecule has 0 aromatic heterocycles. The smallest absolute Gasteiger partial charge is 0.310 e. The Kier molecular flexibility index (Phi) is 1.32. The van der Waals surface area contributed by atoms with E-state index in [4.69, 9.17) is 19.7 Å². The van der Waals surface area contributed by atoms with Crippen LogP contribution in [-0.2, 0) is 19.1 Å². The van der Waals surface area contributed by atoms with E-state index >= 15 is 0 Å². The number of carboxylic acids is 2. The highest BCUT2D eigenvalue weighted by Gasteiger charge is 2.72. The highest BCUT2D eigenvalue weighted by Crippen LogP contribution is 2.53. The zero-order valence-corrected chi connectivity index (χ0v) is 6.99. The van der Waals surface area contributed by atoms with Crippen molar-refractivity contribution in [3.8, 4) is 0 Å². The van der Waals surface area contributed by atoms with Crippen LogP contribution in [0.25, 0.3) is 0 Å². The van der Waals surface area contributed by atoms with E-state index in [1.54, 1.807) is 0 Å². The second-order valence-electron chi connectivity index (χ2n) is 3.86. The molecule has 1 aliphatic carbocycles. The number of carboxylic acid groups (broad SMARTS) is 2. The van der Waals surface area contributed by atoms with Crippen molar-refractivity contribution in [2.45, 2.75) is 24.4 Å². The highest BCUT2D eigenvalue weighted by atomic mass is 16.7. The molecule has 3 rings (SSSR count). The topological polar surface area (TPSA) is 99.7 Å². The fourth-order valence-corrected chi connectivity index (χ4v) is 2.38. The Balaban J connectivity index is 1.92. The van der Waals surface area contributed by atoms with Crippen LogP contribution < -0.4 is 0 Å². The van der Waals surface area contributed by atoms with Crippen LogP contribution in [0, 0.1) is 11.8 Å². The van der Waals surface area contributed by atoms with E-state index < -0.39 is 36.0 Å². The third-order valence-corrected chi connectivity index (χ3v) is 3.11. The van der Waals surface area contributed by atoms with Crippen LogP contribution >= 0.6 is 0 Å². The van der Waals surface area contributed by atoms with Gasteiger partial charge >= 0.3 is 11.9 Å². The number of hydrogen-bond donors (Lipinski definition) is 2. The Morgan fingerprint density at radius 3 is 1.43 bits per heavy atom. The molecule has 0 aromatic carbocycles. The van der Waals surface area contributed by atoms with Crippen molar-refractivity contribution < 1.29 is 29.3 Å². The van der Waals surface area contributed by atoms with Crippen LogP contribution in [0.15, 0.2) is 0 Å². The standard InChI is InChI=1S/C8H8O6/c9-7(10)1-2(8(11)12)4-6(14-4)5-3(1)13-5/h1-6H,(H,9,10)(H,11,12)/t1-,2+,3-,4-,5-,6-/m0/s1. The van der Waals surface area contributed by atoms with Gasteiger partial charge < -0.3 is 19.7 Å². The summed E-state index contributed by atoms with van der Waals surface area (Å²) in [6, 6.07) is 0. The van der Waals surface area contributed by atoms with Crippen molar-refractivity contribution in [2.24, 2.45) is 11.8 Å². The Bertz CT molecular complexity index is 294. The summed E-state index contributed by atoms with van der Waals surface area (Å²) < 4.78 is 10.2. The van der Waals surface area contributed by atoms with Crippen molar-refractivity contribution in [2.75, 3.05) is 0 Å². The van der Waals surface area contributed by atoms with E-state index in [2.05, 4.69) is 0 Å². The van der Waals surface area contributed by atoms with Crippen molar-refractivity contribution in [1.82, 2.24) is 0 Å². The average molecular weight is 200 g/mol. The summed E-state index contributed by atoms with van der Waals surface area (Å²) >= 11 is 0. The van der Waals surface area contributed by atoms with E-state index in [0.29, 0.717) is 0 Å². The monoisotopic (exact) mass is 200 g/mol. The van der Waals surface area contributed by atoms with Crippen LogP contribution in [-0.4, -0.2) is 46.6 Å². The zero-order valence-electron chi connectivity index (χ0n) is 6.99. The lowest BCUT2D eigenvalue weighted by Crippen LogP contribution is -2.42. The summed E-state index contributed by atoms with van der Waals surface area (Å²) in [6.45, 7) is 0. The van der Waals surface area contributed by atoms with Gasteiger partial charge in [0.2, 0.25) is 0 Å². The first-order valence-corrected chi connectivity index (χ1v) is 4.38. The maximum atomic E-state index is 10.9. The summed E-state index contributed by atoms with van der Waals surface area (Å²) in [4.78, 5) is 21.7. The maximum Gasteiger partial charge on any atom is 0.310 e. The minimum atomic E-state index is -1.11. The SMILES string of the molecule is O=C(O)[C@@H]1[C@@H]2O[C@@H]2[C@H]2O[C@H]2[C@@H]1C(=O)O. The largest absolute Gasteiger partial charge is 0.481 e. The van der Waals surface area contributed by atoms with E-state index in [1.165, 1.54) is 0 Å². The van der Waals surface area contributed by atoms with Crippen LogP contribution in [0.5, 0.6) is 0 Å². The summed E-state index contributed by atoms with van der Waals surface area (Å²) in [7, 11) is 0. The lowest BCUT2D eigenvalue weighted by atomic mass is 9.79. The van der Waals surface area contributed by atoms with Gasteiger partial charge in [-0.15, -0.1) is 0 Å². The van der Waals surface area contributed by atoms with Gasteiger partial charge in [0.25, 0.3) is 0 Å². The van der Waals surface area contributed by atoms with E-state index in [0.717, 1.165) is 0 Å². The first kappa shape index (κ1) is 8.19. The van der Waals surface area contributed by atoms with Crippen LogP contribution in [0.1, 0.15) is 0 Å². The van der Waals surface area contributed by atoms with Gasteiger partial charge in [0.15, 0.2) is 0 Å². The molecule has 3 aliphatic rings. The molecule has 6 nitrogen and oxygen atoms in total. The fraction of sp³-hybridized carbons (Fsp3) is 0.750. The molecule has 76 valence electrons. The second-order valence-corrected chi connectivity index (χ2v) is 3.86. The predicted molar refractivity (Wildman–Crippen MR) is 39.6 cm³/mol. The summed E-state index contributed by atoms with van der Waals surface area (Å²) in [5.41, 5.74) is 0. The maximum absolute atomic E-state index is 10.9. The molecular weight excluding hydrogens is 192 g/mol. The molecule has 0 spiro atoms. The van der Waals surface area contributed by atoms with Gasteiger partial charge in [0.05, 0.1) is 0 Å². The minimum Gasteiger partial charge on any atom is -0.481 e. The Morgan fingerprint density at radius 2 is 1.14 bits per heavy atom. The molecule has 0 aromatic rings. The quantitative estimate of drug-likeness (QED) is 0.551. The number of aliphatic carboxylic acids is 2. The third kappa shape index (κ3) is 0.869. The molecule has 0 bridgehead atoms. The van der Waals surface area contributed by atoms with E-state index in [-0.39, 0.29) is 12.2 Å². The Hall–Kier alpha value is -1.14. The van der Waals surface area contributed by atoms with E-state index in [1.807, 2.05) is 0 Å². The van der Waals surface area contributed by atoms with Crippen molar-refractivity contribution in [3.63, 3.8) is 0 Å².